The van der Waals surface area contributed by atoms with Crippen LogP contribution in [0.4, 0.5) is 0 Å². The molecule has 0 bridgehead atoms. The Labute approximate surface area is 105 Å². The third-order valence-corrected chi connectivity index (χ3v) is 5.10. The maximum absolute atomic E-state index is 5.77. The second-order valence-corrected chi connectivity index (χ2v) is 6.16. The van der Waals surface area contributed by atoms with Gasteiger partial charge in [0.15, 0.2) is 0 Å². The monoisotopic (exact) mass is 238 g/mol. The lowest BCUT2D eigenvalue weighted by atomic mass is 9.79. The molecule has 3 fully saturated rings. The number of hydrogen-bond donors (Lipinski definition) is 0. The molecule has 0 N–H and O–H groups in total. The summed E-state index contributed by atoms with van der Waals surface area (Å²) in [4.78, 5) is 5.39. The smallest absolute Gasteiger partial charge is 0.0805 e. The molecule has 3 rings (SSSR count). The zero-order chi connectivity index (χ0) is 11.7. The van der Waals surface area contributed by atoms with Gasteiger partial charge >= 0.3 is 0 Å². The fourth-order valence-corrected chi connectivity index (χ4v) is 3.83. The highest BCUT2D eigenvalue weighted by Crippen LogP contribution is 2.36. The van der Waals surface area contributed by atoms with Crippen molar-refractivity contribution in [3.05, 3.63) is 0 Å². The lowest BCUT2D eigenvalue weighted by Gasteiger charge is -2.44. The Morgan fingerprint density at radius 2 is 1.94 bits per heavy atom. The van der Waals surface area contributed by atoms with Crippen LogP contribution in [0, 0.1) is 0 Å². The molecule has 0 aromatic heterocycles. The van der Waals surface area contributed by atoms with Crippen LogP contribution in [0.2, 0.25) is 0 Å². The minimum absolute atomic E-state index is 0.216. The average molecular weight is 238 g/mol. The molecule has 1 saturated carbocycles. The summed E-state index contributed by atoms with van der Waals surface area (Å²) in [6, 6.07) is 0.839. The van der Waals surface area contributed by atoms with E-state index in [1.165, 1.54) is 71.2 Å². The first kappa shape index (κ1) is 11.9. The van der Waals surface area contributed by atoms with E-state index < -0.39 is 0 Å². The number of rotatable bonds is 3. The molecule has 98 valence electrons. The molecule has 2 heterocycles. The van der Waals surface area contributed by atoms with Crippen molar-refractivity contribution in [2.24, 2.45) is 0 Å². The zero-order valence-electron chi connectivity index (χ0n) is 11.2. The first-order chi connectivity index (χ1) is 8.31. The quantitative estimate of drug-likeness (QED) is 0.744. The van der Waals surface area contributed by atoms with Crippen LogP contribution < -0.4 is 0 Å². The van der Waals surface area contributed by atoms with E-state index in [-0.39, 0.29) is 5.60 Å². The molecule has 2 aliphatic heterocycles. The van der Waals surface area contributed by atoms with E-state index in [9.17, 15) is 0 Å². The summed E-state index contributed by atoms with van der Waals surface area (Å²) in [6.45, 7) is 6.39. The Hall–Kier alpha value is -0.120. The van der Waals surface area contributed by atoms with E-state index in [0.29, 0.717) is 0 Å². The van der Waals surface area contributed by atoms with Gasteiger partial charge in [0.25, 0.3) is 0 Å². The van der Waals surface area contributed by atoms with Gasteiger partial charge in [-0.1, -0.05) is 0 Å². The standard InChI is InChI=1S/C14H26N2O/c1-17-14(6-3-7-14)12-15-8-4-10-16-9-2-5-13(16)11-15/h13H,2-12H2,1H3. The van der Waals surface area contributed by atoms with Gasteiger partial charge in [0, 0.05) is 26.2 Å². The Balaban J connectivity index is 1.59. The molecule has 1 unspecified atom stereocenters. The van der Waals surface area contributed by atoms with Crippen LogP contribution in [-0.4, -0.2) is 61.3 Å². The maximum atomic E-state index is 5.77. The number of fused-ring (bicyclic) bond motifs is 1. The highest BCUT2D eigenvalue weighted by Gasteiger charge is 2.40. The fourth-order valence-electron chi connectivity index (χ4n) is 3.83. The van der Waals surface area contributed by atoms with Crippen molar-refractivity contribution < 1.29 is 4.74 Å². The Morgan fingerprint density at radius 1 is 1.12 bits per heavy atom. The average Bonchev–Trinajstić information content (AvgIpc) is 2.63. The molecule has 3 nitrogen and oxygen atoms in total. The zero-order valence-corrected chi connectivity index (χ0v) is 11.2. The Bertz CT molecular complexity index is 259. The molecule has 0 amide bonds. The minimum Gasteiger partial charge on any atom is -0.377 e. The normalized spacial score (nSPS) is 34.1. The van der Waals surface area contributed by atoms with Crippen molar-refractivity contribution in [1.29, 1.82) is 0 Å². The summed E-state index contributed by atoms with van der Waals surface area (Å²) in [5.41, 5.74) is 0.216. The predicted octanol–water partition coefficient (Wildman–Crippen LogP) is 1.73. The van der Waals surface area contributed by atoms with Gasteiger partial charge in [-0.2, -0.15) is 0 Å². The highest BCUT2D eigenvalue weighted by atomic mass is 16.5. The van der Waals surface area contributed by atoms with E-state index in [1.807, 2.05) is 7.11 Å². The van der Waals surface area contributed by atoms with Crippen LogP contribution >= 0.6 is 0 Å². The van der Waals surface area contributed by atoms with Gasteiger partial charge in [0.2, 0.25) is 0 Å². The molecule has 3 heteroatoms. The molecular formula is C14H26N2O. The van der Waals surface area contributed by atoms with Crippen LogP contribution in [0.1, 0.15) is 38.5 Å². The van der Waals surface area contributed by atoms with Crippen LogP contribution in [0.15, 0.2) is 0 Å². The van der Waals surface area contributed by atoms with Gasteiger partial charge < -0.3 is 4.74 Å². The molecule has 17 heavy (non-hydrogen) atoms. The first-order valence-electron chi connectivity index (χ1n) is 7.33. The summed E-state index contributed by atoms with van der Waals surface area (Å²) in [6.07, 6.45) is 8.07. The van der Waals surface area contributed by atoms with Gasteiger partial charge in [-0.3, -0.25) is 9.80 Å². The number of hydrogen-bond acceptors (Lipinski definition) is 3. The molecule has 1 atom stereocenters. The van der Waals surface area contributed by atoms with Gasteiger partial charge in [0.05, 0.1) is 5.60 Å². The van der Waals surface area contributed by atoms with Gasteiger partial charge in [-0.05, 0) is 58.2 Å². The molecular weight excluding hydrogens is 212 g/mol. The predicted molar refractivity (Wildman–Crippen MR) is 69.2 cm³/mol. The first-order valence-corrected chi connectivity index (χ1v) is 7.33. The topological polar surface area (TPSA) is 15.7 Å². The second-order valence-electron chi connectivity index (χ2n) is 6.16. The van der Waals surface area contributed by atoms with E-state index in [0.717, 1.165) is 6.04 Å². The summed E-state index contributed by atoms with van der Waals surface area (Å²) >= 11 is 0. The summed E-state index contributed by atoms with van der Waals surface area (Å²) < 4.78 is 5.77. The van der Waals surface area contributed by atoms with Gasteiger partial charge in [-0.25, -0.2) is 0 Å². The molecule has 0 radical (unpaired) electrons. The van der Waals surface area contributed by atoms with Gasteiger partial charge in [-0.15, -0.1) is 0 Å². The SMILES string of the molecule is COC1(CN2CCCN3CCCC3C2)CCC1. The fraction of sp³-hybridized carbons (Fsp3) is 1.00. The van der Waals surface area contributed by atoms with Crippen molar-refractivity contribution in [3.8, 4) is 0 Å². The van der Waals surface area contributed by atoms with Crippen LogP contribution in [0.3, 0.4) is 0 Å². The van der Waals surface area contributed by atoms with Crippen LogP contribution in [0.5, 0.6) is 0 Å². The van der Waals surface area contributed by atoms with Crippen LogP contribution in [0.25, 0.3) is 0 Å². The third-order valence-electron chi connectivity index (χ3n) is 5.10. The maximum Gasteiger partial charge on any atom is 0.0805 e. The third kappa shape index (κ3) is 2.38. The molecule has 3 aliphatic rings. The number of ether oxygens (including phenoxy) is 1. The van der Waals surface area contributed by atoms with Crippen LogP contribution in [-0.2, 0) is 4.74 Å². The lowest BCUT2D eigenvalue weighted by Crippen LogP contribution is -2.51. The van der Waals surface area contributed by atoms with Crippen molar-refractivity contribution in [2.45, 2.75) is 50.2 Å². The molecule has 0 aromatic carbocycles. The highest BCUT2D eigenvalue weighted by molar-refractivity contribution is 4.94. The lowest BCUT2D eigenvalue weighted by molar-refractivity contribution is -0.0917. The molecule has 0 spiro atoms. The van der Waals surface area contributed by atoms with Crippen molar-refractivity contribution in [1.82, 2.24) is 9.80 Å². The second kappa shape index (κ2) is 4.87. The van der Waals surface area contributed by atoms with E-state index in [4.69, 9.17) is 4.74 Å². The van der Waals surface area contributed by atoms with E-state index in [2.05, 4.69) is 9.80 Å². The largest absolute Gasteiger partial charge is 0.377 e. The molecule has 0 aromatic rings. The number of methoxy groups -OCH3 is 1. The Morgan fingerprint density at radius 3 is 2.65 bits per heavy atom. The minimum atomic E-state index is 0.216. The summed E-state index contributed by atoms with van der Waals surface area (Å²) in [5, 5.41) is 0. The van der Waals surface area contributed by atoms with Crippen molar-refractivity contribution in [2.75, 3.05) is 39.8 Å². The van der Waals surface area contributed by atoms with Gasteiger partial charge in [0.1, 0.15) is 0 Å². The van der Waals surface area contributed by atoms with E-state index in [1.54, 1.807) is 0 Å². The number of nitrogens with zero attached hydrogens (tertiary/aromatic N) is 2. The van der Waals surface area contributed by atoms with Crippen molar-refractivity contribution >= 4 is 0 Å². The Kier molecular flexibility index (Phi) is 3.42. The summed E-state index contributed by atoms with van der Waals surface area (Å²) in [7, 11) is 1.90. The van der Waals surface area contributed by atoms with E-state index >= 15 is 0 Å². The molecule has 2 saturated heterocycles. The van der Waals surface area contributed by atoms with Crippen molar-refractivity contribution in [3.63, 3.8) is 0 Å². The molecule has 1 aliphatic carbocycles. The summed E-state index contributed by atoms with van der Waals surface area (Å²) in [5.74, 6) is 0.